The maximum absolute atomic E-state index is 11.9. The van der Waals surface area contributed by atoms with Crippen LogP contribution >= 0.6 is 49.9 Å². The molecule has 3 heterocycles. The standard InChI is InChI=1S/C19H23BrO4S.C19H24O4S.C13H18O4.C6H8OS/c1-4-22-16(19(21)23-5-2)11-14-6-8-15(9-7-14)24-12-17-13(3)10-18(20)25-17;1-4-21-17(19(20)22-5-2)12-15-6-8-16(9-7-15)23-13-18-14(3)10-11-24-18;1-3-16-12(13(15)17-4-2)9-10-5-7-11(14)8-6-10;1-5-2-3-8-6(5)4-7/h6-10,16H,4-5,11-12H2,1-3H3;6-11,17H,4-5,12-13H2,1-3H3;5-8,12,14H,3-4,9H2,1-2H3;2-3,7H,4H2,1H3/t16-;17-;12-;/m111./s1. The number of halogens is 1. The van der Waals surface area contributed by atoms with E-state index in [4.69, 9.17) is 48.1 Å². The molecule has 0 amide bonds. The molecule has 0 aliphatic carbocycles. The third-order valence-corrected chi connectivity index (χ3v) is 14.3. The van der Waals surface area contributed by atoms with E-state index in [2.05, 4.69) is 47.3 Å². The Morgan fingerprint density at radius 2 is 0.865 bits per heavy atom. The minimum absolute atomic E-state index is 0.184. The Kier molecular flexibility index (Phi) is 30.7. The van der Waals surface area contributed by atoms with Crippen LogP contribution in [0.1, 0.15) is 89.6 Å². The highest BCUT2D eigenvalue weighted by Crippen LogP contribution is 2.28. The van der Waals surface area contributed by atoms with Gasteiger partial charge in [0.15, 0.2) is 18.3 Å². The number of rotatable bonds is 25. The Morgan fingerprint density at radius 1 is 0.500 bits per heavy atom. The molecule has 0 fully saturated rings. The molecule has 3 aromatic heterocycles. The Balaban J connectivity index is 0.000000276. The molecule has 0 aliphatic rings. The maximum atomic E-state index is 11.9. The van der Waals surface area contributed by atoms with Crippen molar-refractivity contribution >= 4 is 67.8 Å². The first kappa shape index (κ1) is 63.2. The average molecular weight is 1140 g/mol. The van der Waals surface area contributed by atoms with Crippen molar-refractivity contribution in [2.24, 2.45) is 0 Å². The summed E-state index contributed by atoms with van der Waals surface area (Å²) in [6.45, 7) is 20.9. The van der Waals surface area contributed by atoms with E-state index in [1.54, 1.807) is 79.0 Å². The van der Waals surface area contributed by atoms with Crippen LogP contribution in [0.4, 0.5) is 0 Å². The van der Waals surface area contributed by atoms with E-state index in [1.807, 2.05) is 87.7 Å². The molecule has 13 nitrogen and oxygen atoms in total. The highest BCUT2D eigenvalue weighted by molar-refractivity contribution is 9.11. The van der Waals surface area contributed by atoms with Crippen LogP contribution in [0.2, 0.25) is 0 Å². The van der Waals surface area contributed by atoms with Gasteiger partial charge in [0.05, 0.1) is 30.2 Å². The molecule has 3 atom stereocenters. The highest BCUT2D eigenvalue weighted by Gasteiger charge is 2.23. The molecule has 17 heteroatoms. The van der Waals surface area contributed by atoms with Gasteiger partial charge in [-0.05, 0) is 177 Å². The highest BCUT2D eigenvalue weighted by atomic mass is 79.9. The van der Waals surface area contributed by atoms with Gasteiger partial charge in [0.2, 0.25) is 0 Å². The van der Waals surface area contributed by atoms with Crippen LogP contribution in [0.25, 0.3) is 0 Å². The lowest BCUT2D eigenvalue weighted by Gasteiger charge is -2.15. The SMILES string of the molecule is CCOC(=O)[C@@H](Cc1ccc(O)cc1)OCC.CCOC(=O)[C@@H](Cc1ccc(OCc2sc(Br)cc2C)cc1)OCC.CCOC(=O)[C@@H](Cc1ccc(OCc2sccc2C)cc1)OCC.Cc1ccsc1CO. The first-order valence-electron chi connectivity index (χ1n) is 24.7. The number of phenols is 1. The van der Waals surface area contributed by atoms with Crippen LogP contribution in [0.5, 0.6) is 17.2 Å². The molecule has 74 heavy (non-hydrogen) atoms. The van der Waals surface area contributed by atoms with Gasteiger partial charge in [0.1, 0.15) is 30.5 Å². The van der Waals surface area contributed by atoms with Gasteiger partial charge in [-0.1, -0.05) is 36.4 Å². The first-order chi connectivity index (χ1) is 35.7. The summed E-state index contributed by atoms with van der Waals surface area (Å²) >= 11 is 8.47. The Morgan fingerprint density at radius 3 is 1.16 bits per heavy atom. The summed E-state index contributed by atoms with van der Waals surface area (Å²) < 4.78 is 44.2. The lowest BCUT2D eigenvalue weighted by atomic mass is 10.1. The van der Waals surface area contributed by atoms with Gasteiger partial charge < -0.3 is 48.1 Å². The number of aliphatic hydroxyl groups excluding tert-OH is 1. The smallest absolute Gasteiger partial charge is 0.335 e. The molecule has 0 radical (unpaired) electrons. The van der Waals surface area contributed by atoms with E-state index >= 15 is 0 Å². The molecule has 404 valence electrons. The number of phenolic OH excluding ortho intramolecular Hbond substituents is 1. The summed E-state index contributed by atoms with van der Waals surface area (Å²) in [5.41, 5.74) is 6.62. The number of hydrogen-bond acceptors (Lipinski definition) is 16. The molecule has 0 aliphatic heterocycles. The summed E-state index contributed by atoms with van der Waals surface area (Å²) in [5.74, 6) is 0.851. The molecule has 6 rings (SSSR count). The molecule has 0 saturated carbocycles. The predicted molar refractivity (Wildman–Crippen MR) is 298 cm³/mol. The topological polar surface area (TPSA) is 166 Å². The van der Waals surface area contributed by atoms with E-state index in [-0.39, 0.29) is 30.3 Å². The third-order valence-electron chi connectivity index (χ3n) is 10.6. The van der Waals surface area contributed by atoms with Crippen LogP contribution in [-0.4, -0.2) is 86.1 Å². The largest absolute Gasteiger partial charge is 0.508 e. The van der Waals surface area contributed by atoms with E-state index in [1.165, 1.54) is 26.4 Å². The van der Waals surface area contributed by atoms with Gasteiger partial charge in [-0.25, -0.2) is 14.4 Å². The maximum Gasteiger partial charge on any atom is 0.335 e. The number of aliphatic hydroxyl groups is 1. The van der Waals surface area contributed by atoms with Crippen molar-refractivity contribution in [3.8, 4) is 17.2 Å². The third kappa shape index (κ3) is 23.6. The number of esters is 3. The van der Waals surface area contributed by atoms with Gasteiger partial charge in [-0.3, -0.25) is 0 Å². The number of benzene rings is 3. The van der Waals surface area contributed by atoms with Crippen molar-refractivity contribution in [3.05, 3.63) is 154 Å². The van der Waals surface area contributed by atoms with Crippen LogP contribution in [-0.2, 0) is 81.9 Å². The van der Waals surface area contributed by atoms with Crippen LogP contribution in [0, 0.1) is 20.8 Å². The van der Waals surface area contributed by atoms with E-state index in [0.29, 0.717) is 72.1 Å². The summed E-state index contributed by atoms with van der Waals surface area (Å²) in [4.78, 5) is 38.9. The van der Waals surface area contributed by atoms with Crippen molar-refractivity contribution in [2.45, 2.75) is 120 Å². The molecule has 2 N–H and O–H groups in total. The number of carbonyl (C=O) groups is 3. The summed E-state index contributed by atoms with van der Waals surface area (Å²) in [7, 11) is 0. The number of thiophene rings is 3. The molecule has 3 aromatic carbocycles. The van der Waals surface area contributed by atoms with E-state index < -0.39 is 18.3 Å². The fraction of sp³-hybridized carbons (Fsp3) is 0.421. The quantitative estimate of drug-likeness (QED) is 0.0411. The zero-order valence-electron chi connectivity index (χ0n) is 44.0. The molecular weight excluding hydrogens is 1070 g/mol. The Labute approximate surface area is 457 Å². The second-order valence-corrected chi connectivity index (χ2v) is 20.6. The van der Waals surface area contributed by atoms with Gasteiger partial charge in [-0.15, -0.1) is 34.0 Å². The minimum Gasteiger partial charge on any atom is -0.508 e. The van der Waals surface area contributed by atoms with Gasteiger partial charge in [0.25, 0.3) is 0 Å². The zero-order valence-corrected chi connectivity index (χ0v) is 48.1. The number of ether oxygens (including phenoxy) is 8. The normalized spacial score (nSPS) is 11.8. The van der Waals surface area contributed by atoms with Crippen LogP contribution in [0.15, 0.2) is 106 Å². The fourth-order valence-corrected chi connectivity index (χ4v) is 10.0. The molecular formula is C57H73BrO13S3. The lowest BCUT2D eigenvalue weighted by molar-refractivity contribution is -0.157. The summed E-state index contributed by atoms with van der Waals surface area (Å²) in [5, 5.41) is 21.8. The molecule has 0 bridgehead atoms. The second kappa shape index (κ2) is 36.0. The monoisotopic (exact) mass is 1140 g/mol. The summed E-state index contributed by atoms with van der Waals surface area (Å²) in [6, 6.07) is 28.4. The fourth-order valence-electron chi connectivity index (χ4n) is 6.70. The number of aryl methyl sites for hydroxylation is 3. The molecule has 6 aromatic rings. The Hall–Kier alpha value is -5.11. The van der Waals surface area contributed by atoms with Crippen molar-refractivity contribution < 1.29 is 62.5 Å². The summed E-state index contributed by atoms with van der Waals surface area (Å²) in [6.07, 6.45) is -0.267. The van der Waals surface area contributed by atoms with Gasteiger partial charge in [0, 0.05) is 53.7 Å². The molecule has 0 unspecified atom stereocenters. The number of aromatic hydroxyl groups is 1. The van der Waals surface area contributed by atoms with Crippen molar-refractivity contribution in [1.82, 2.24) is 0 Å². The first-order valence-corrected chi connectivity index (χ1v) is 28.0. The van der Waals surface area contributed by atoms with Crippen molar-refractivity contribution in [1.29, 1.82) is 0 Å². The van der Waals surface area contributed by atoms with Crippen molar-refractivity contribution in [2.75, 3.05) is 39.6 Å². The molecule has 0 spiro atoms. The number of carbonyl (C=O) groups excluding carboxylic acids is 3. The zero-order chi connectivity index (χ0) is 54.3. The van der Waals surface area contributed by atoms with Crippen LogP contribution in [0.3, 0.4) is 0 Å². The van der Waals surface area contributed by atoms with Crippen LogP contribution < -0.4 is 9.47 Å². The van der Waals surface area contributed by atoms with E-state index in [9.17, 15) is 14.4 Å². The lowest BCUT2D eigenvalue weighted by Crippen LogP contribution is -2.28. The van der Waals surface area contributed by atoms with Gasteiger partial charge in [-0.2, -0.15) is 0 Å². The van der Waals surface area contributed by atoms with Gasteiger partial charge >= 0.3 is 17.9 Å². The van der Waals surface area contributed by atoms with Crippen molar-refractivity contribution in [3.63, 3.8) is 0 Å². The Bertz CT molecular complexity index is 2480. The van der Waals surface area contributed by atoms with E-state index in [0.717, 1.165) is 36.9 Å². The number of hydrogen-bond donors (Lipinski definition) is 2. The second-order valence-electron chi connectivity index (χ2n) is 16.1. The molecule has 0 saturated heterocycles. The average Bonchev–Trinajstić information content (AvgIpc) is 4.11. The predicted octanol–water partition coefficient (Wildman–Crippen LogP) is 12.5. The minimum atomic E-state index is -0.579.